The van der Waals surface area contributed by atoms with Gasteiger partial charge in [-0.05, 0) is 18.9 Å². The standard InChI is InChI=1S/C29H34N8O3/c30-25(37-14-16-39-17-15-37)22(18-33-20-10-4-5-11-20)26(31)40-29(32)36-27-28(38)34-23-13-7-6-12-21(23)24(35-27)19-8-2-1-3-9-19/h1-3,6-9,12-13,18,20,27,30-31,33H,4-5,10-11,14-17H2,(H2,32,36)(H,34,38)/b22-18+,30-25?,31-26?. The molecule has 0 aromatic heterocycles. The molecule has 2 aliphatic heterocycles. The molecule has 1 saturated heterocycles. The van der Waals surface area contributed by atoms with E-state index in [4.69, 9.17) is 25.7 Å². The van der Waals surface area contributed by atoms with E-state index in [-0.39, 0.29) is 23.3 Å². The summed E-state index contributed by atoms with van der Waals surface area (Å²) in [4.78, 5) is 19.6. The summed E-state index contributed by atoms with van der Waals surface area (Å²) in [6, 6.07) is 16.7. The van der Waals surface area contributed by atoms with E-state index >= 15 is 0 Å². The second kappa shape index (κ2) is 12.6. The second-order valence-electron chi connectivity index (χ2n) is 9.84. The van der Waals surface area contributed by atoms with Crippen molar-refractivity contribution in [2.75, 3.05) is 31.6 Å². The van der Waals surface area contributed by atoms with Crippen LogP contribution >= 0.6 is 0 Å². The number of hydrogen-bond acceptors (Lipinski definition) is 8. The zero-order valence-electron chi connectivity index (χ0n) is 22.2. The summed E-state index contributed by atoms with van der Waals surface area (Å²) in [6.07, 6.45) is 4.81. The molecular formula is C29H34N8O3. The van der Waals surface area contributed by atoms with Crippen LogP contribution in [0, 0.1) is 16.2 Å². The maximum absolute atomic E-state index is 13.1. The second-order valence-corrected chi connectivity index (χ2v) is 9.84. The Morgan fingerprint density at radius 3 is 2.48 bits per heavy atom. The van der Waals surface area contributed by atoms with Gasteiger partial charge in [-0.1, -0.05) is 61.4 Å². The topological polar surface area (TPSA) is 159 Å². The number of benzodiazepines with no additional fused rings is 1. The van der Waals surface area contributed by atoms with Crippen molar-refractivity contribution < 1.29 is 14.3 Å². The number of nitrogens with one attached hydrogen (secondary N) is 6. The summed E-state index contributed by atoms with van der Waals surface area (Å²) in [5.74, 6) is -0.708. The molecule has 0 bridgehead atoms. The molecule has 2 heterocycles. The van der Waals surface area contributed by atoms with Gasteiger partial charge in [0.2, 0.25) is 12.1 Å². The Bertz CT molecular complexity index is 1330. The molecule has 1 atom stereocenters. The van der Waals surface area contributed by atoms with E-state index in [0.717, 1.165) is 36.8 Å². The highest BCUT2D eigenvalue weighted by Crippen LogP contribution is 2.24. The van der Waals surface area contributed by atoms with Crippen LogP contribution in [0.25, 0.3) is 0 Å². The molecule has 0 radical (unpaired) electrons. The van der Waals surface area contributed by atoms with Gasteiger partial charge >= 0.3 is 0 Å². The van der Waals surface area contributed by atoms with Crippen LogP contribution in [-0.2, 0) is 14.3 Å². The van der Waals surface area contributed by atoms with Gasteiger partial charge in [0.05, 0.1) is 30.2 Å². The lowest BCUT2D eigenvalue weighted by Gasteiger charge is -2.30. The Morgan fingerprint density at radius 2 is 1.73 bits per heavy atom. The molecule has 6 N–H and O–H groups in total. The number of benzene rings is 2. The molecule has 2 aromatic carbocycles. The number of carbonyl (C=O) groups excluding carboxylic acids is 1. The molecule has 1 amide bonds. The Balaban J connectivity index is 1.34. The van der Waals surface area contributed by atoms with Crippen molar-refractivity contribution in [3.05, 3.63) is 77.5 Å². The van der Waals surface area contributed by atoms with Crippen LogP contribution in [0.1, 0.15) is 36.8 Å². The number of hydrogen-bond donors (Lipinski definition) is 6. The number of amides is 1. The van der Waals surface area contributed by atoms with Crippen molar-refractivity contribution >= 4 is 35.1 Å². The fourth-order valence-corrected chi connectivity index (χ4v) is 4.98. The predicted molar refractivity (Wildman–Crippen MR) is 154 cm³/mol. The van der Waals surface area contributed by atoms with Crippen LogP contribution in [0.5, 0.6) is 0 Å². The number of carbonyl (C=O) groups is 1. The molecule has 40 heavy (non-hydrogen) atoms. The molecule has 2 aromatic rings. The highest BCUT2D eigenvalue weighted by molar-refractivity contribution is 6.21. The van der Waals surface area contributed by atoms with Crippen molar-refractivity contribution in [2.45, 2.75) is 37.9 Å². The van der Waals surface area contributed by atoms with E-state index in [0.29, 0.717) is 37.7 Å². The van der Waals surface area contributed by atoms with E-state index in [2.05, 4.69) is 20.9 Å². The smallest absolute Gasteiger partial charge is 0.290 e. The minimum atomic E-state index is -1.18. The van der Waals surface area contributed by atoms with Crippen LogP contribution in [0.4, 0.5) is 5.69 Å². The molecule has 1 saturated carbocycles. The van der Waals surface area contributed by atoms with Crippen molar-refractivity contribution in [1.82, 2.24) is 15.5 Å². The third-order valence-electron chi connectivity index (χ3n) is 7.11. The molecule has 1 unspecified atom stereocenters. The summed E-state index contributed by atoms with van der Waals surface area (Å²) in [5.41, 5.74) is 3.01. The first kappa shape index (κ1) is 27.1. The minimum absolute atomic E-state index is 0.124. The number of nitrogens with zero attached hydrogens (tertiary/aromatic N) is 2. The normalized spacial score (nSPS) is 19.6. The first-order valence-corrected chi connectivity index (χ1v) is 13.5. The Hall–Kier alpha value is -4.51. The van der Waals surface area contributed by atoms with E-state index in [1.165, 1.54) is 0 Å². The Kier molecular flexibility index (Phi) is 8.50. The van der Waals surface area contributed by atoms with Gasteiger partial charge in [0.1, 0.15) is 5.84 Å². The van der Waals surface area contributed by atoms with Crippen LogP contribution in [0.3, 0.4) is 0 Å². The summed E-state index contributed by atoms with van der Waals surface area (Å²) in [6.45, 7) is 2.06. The minimum Gasteiger partial charge on any atom is -0.407 e. The van der Waals surface area contributed by atoms with Gasteiger partial charge < -0.3 is 30.3 Å². The maximum atomic E-state index is 13.1. The van der Waals surface area contributed by atoms with Crippen molar-refractivity contribution in [3.8, 4) is 0 Å². The fraction of sp³-hybridized carbons (Fsp3) is 0.345. The molecular weight excluding hydrogens is 508 g/mol. The van der Waals surface area contributed by atoms with Gasteiger partial charge in [0.25, 0.3) is 11.9 Å². The van der Waals surface area contributed by atoms with Crippen molar-refractivity contribution in [2.24, 2.45) is 4.99 Å². The largest absolute Gasteiger partial charge is 0.407 e. The molecule has 0 spiro atoms. The number of ether oxygens (including phenoxy) is 2. The van der Waals surface area contributed by atoms with Gasteiger partial charge in [0.15, 0.2) is 0 Å². The number of morpholine rings is 1. The fourth-order valence-electron chi connectivity index (χ4n) is 4.98. The van der Waals surface area contributed by atoms with Crippen molar-refractivity contribution in [3.63, 3.8) is 0 Å². The van der Waals surface area contributed by atoms with Crippen LogP contribution in [0.2, 0.25) is 0 Å². The lowest BCUT2D eigenvalue weighted by Crippen LogP contribution is -2.45. The lowest BCUT2D eigenvalue weighted by atomic mass is 10.0. The number of fused-ring (bicyclic) bond motifs is 1. The third kappa shape index (κ3) is 6.37. The maximum Gasteiger partial charge on any atom is 0.290 e. The van der Waals surface area contributed by atoms with Gasteiger partial charge in [-0.3, -0.25) is 21.0 Å². The van der Waals surface area contributed by atoms with Crippen LogP contribution in [0.15, 0.2) is 71.4 Å². The van der Waals surface area contributed by atoms with E-state index in [1.807, 2.05) is 53.4 Å². The molecule has 11 nitrogen and oxygen atoms in total. The summed E-state index contributed by atoms with van der Waals surface area (Å²) >= 11 is 0. The van der Waals surface area contributed by atoms with Gasteiger partial charge in [-0.15, -0.1) is 0 Å². The predicted octanol–water partition coefficient (Wildman–Crippen LogP) is 3.05. The first-order valence-electron chi connectivity index (χ1n) is 13.5. The average molecular weight is 543 g/mol. The molecule has 5 rings (SSSR count). The molecule has 11 heteroatoms. The zero-order valence-corrected chi connectivity index (χ0v) is 22.2. The molecule has 1 aliphatic carbocycles. The molecule has 208 valence electrons. The number of aliphatic imine (C=N–C) groups is 1. The Morgan fingerprint density at radius 1 is 1.02 bits per heavy atom. The highest BCUT2D eigenvalue weighted by atomic mass is 16.5. The molecule has 3 aliphatic rings. The quantitative estimate of drug-likeness (QED) is 0.243. The monoisotopic (exact) mass is 542 g/mol. The number of amidine groups is 2. The first-order chi connectivity index (χ1) is 19.5. The van der Waals surface area contributed by atoms with E-state index < -0.39 is 18.1 Å². The number of rotatable bonds is 6. The average Bonchev–Trinajstić information content (AvgIpc) is 3.45. The summed E-state index contributed by atoms with van der Waals surface area (Å²) in [7, 11) is 0. The Labute approximate surface area is 233 Å². The summed E-state index contributed by atoms with van der Waals surface area (Å²) in [5, 5.41) is 34.8. The zero-order chi connectivity index (χ0) is 27.9. The number of anilines is 1. The summed E-state index contributed by atoms with van der Waals surface area (Å²) < 4.78 is 11.0. The van der Waals surface area contributed by atoms with E-state index in [1.54, 1.807) is 12.3 Å². The highest BCUT2D eigenvalue weighted by Gasteiger charge is 2.28. The van der Waals surface area contributed by atoms with Gasteiger partial charge in [-0.25, -0.2) is 4.99 Å². The van der Waals surface area contributed by atoms with Crippen LogP contribution < -0.4 is 16.0 Å². The number of para-hydroxylation sites is 1. The van der Waals surface area contributed by atoms with E-state index in [9.17, 15) is 4.79 Å². The lowest BCUT2D eigenvalue weighted by molar-refractivity contribution is -0.117. The van der Waals surface area contributed by atoms with Gasteiger partial charge in [-0.2, -0.15) is 0 Å². The van der Waals surface area contributed by atoms with Crippen molar-refractivity contribution in [1.29, 1.82) is 16.2 Å². The third-order valence-corrected chi connectivity index (χ3v) is 7.11. The van der Waals surface area contributed by atoms with Crippen LogP contribution in [-0.4, -0.2) is 72.8 Å². The SMILES string of the molecule is N=C(NC1N=C(c2ccccc2)c2ccccc2NC1=O)OC(=N)/C(=C/NC1CCCC1)C(=N)N1CCOCC1. The molecule has 2 fully saturated rings. The van der Waals surface area contributed by atoms with Gasteiger partial charge in [0, 0.05) is 36.5 Å².